The van der Waals surface area contributed by atoms with Crippen LogP contribution in [-0.4, -0.2) is 35.0 Å². The first-order valence-corrected chi connectivity index (χ1v) is 8.13. The predicted octanol–water partition coefficient (Wildman–Crippen LogP) is 2.45. The van der Waals surface area contributed by atoms with Crippen molar-refractivity contribution in [3.8, 4) is 0 Å². The standard InChI is InChI=1S/C16H24N4O/c1-12-14(15(21)19-13-7-3-4-8-13)11-17-16(18-12)20-9-5-2-6-10-20/h11,13H,2-10H2,1H3,(H,19,21). The van der Waals surface area contributed by atoms with Crippen molar-refractivity contribution in [1.29, 1.82) is 0 Å². The highest BCUT2D eigenvalue weighted by Gasteiger charge is 2.21. The molecule has 1 saturated heterocycles. The summed E-state index contributed by atoms with van der Waals surface area (Å²) in [4.78, 5) is 23.5. The summed E-state index contributed by atoms with van der Waals surface area (Å²) in [6.45, 7) is 3.94. The number of carbonyl (C=O) groups is 1. The number of aromatic nitrogens is 2. The number of rotatable bonds is 3. The quantitative estimate of drug-likeness (QED) is 0.928. The SMILES string of the molecule is Cc1nc(N2CCCCC2)ncc1C(=O)NC1CCCC1. The minimum Gasteiger partial charge on any atom is -0.349 e. The molecule has 1 aliphatic carbocycles. The number of aryl methyl sites for hydroxylation is 1. The molecule has 1 aromatic heterocycles. The van der Waals surface area contributed by atoms with Crippen LogP contribution in [0.15, 0.2) is 6.20 Å². The molecule has 1 N–H and O–H groups in total. The van der Waals surface area contributed by atoms with Crippen LogP contribution in [0.3, 0.4) is 0 Å². The number of hydrogen-bond donors (Lipinski definition) is 1. The molecule has 5 nitrogen and oxygen atoms in total. The van der Waals surface area contributed by atoms with Gasteiger partial charge in [-0.1, -0.05) is 12.8 Å². The van der Waals surface area contributed by atoms with Crippen LogP contribution in [0.4, 0.5) is 5.95 Å². The van der Waals surface area contributed by atoms with E-state index < -0.39 is 0 Å². The highest BCUT2D eigenvalue weighted by molar-refractivity contribution is 5.95. The summed E-state index contributed by atoms with van der Waals surface area (Å²) in [5.41, 5.74) is 1.39. The van der Waals surface area contributed by atoms with E-state index in [1.165, 1.54) is 32.1 Å². The van der Waals surface area contributed by atoms with Crippen LogP contribution in [0, 0.1) is 6.92 Å². The van der Waals surface area contributed by atoms with Gasteiger partial charge < -0.3 is 10.2 Å². The third-order valence-corrected chi connectivity index (χ3v) is 4.54. The van der Waals surface area contributed by atoms with Crippen molar-refractivity contribution in [2.24, 2.45) is 0 Å². The first kappa shape index (κ1) is 14.3. The maximum absolute atomic E-state index is 12.3. The number of piperidine rings is 1. The van der Waals surface area contributed by atoms with Gasteiger partial charge in [0, 0.05) is 25.3 Å². The molecule has 5 heteroatoms. The smallest absolute Gasteiger partial charge is 0.254 e. The molecule has 0 radical (unpaired) electrons. The van der Waals surface area contributed by atoms with Gasteiger partial charge in [0.2, 0.25) is 5.95 Å². The van der Waals surface area contributed by atoms with Crippen molar-refractivity contribution < 1.29 is 4.79 Å². The molecule has 2 aliphatic rings. The van der Waals surface area contributed by atoms with Crippen molar-refractivity contribution >= 4 is 11.9 Å². The second kappa shape index (κ2) is 6.41. The lowest BCUT2D eigenvalue weighted by atomic mass is 10.1. The molecule has 3 rings (SSSR count). The molecule has 0 aromatic carbocycles. The number of nitrogens with zero attached hydrogens (tertiary/aromatic N) is 3. The average Bonchev–Trinajstić information content (AvgIpc) is 3.01. The number of carbonyl (C=O) groups excluding carboxylic acids is 1. The molecule has 0 unspecified atom stereocenters. The van der Waals surface area contributed by atoms with Gasteiger partial charge in [-0.25, -0.2) is 9.97 Å². The molecule has 0 spiro atoms. The predicted molar refractivity (Wildman–Crippen MR) is 82.6 cm³/mol. The van der Waals surface area contributed by atoms with Gasteiger partial charge >= 0.3 is 0 Å². The zero-order valence-corrected chi connectivity index (χ0v) is 12.8. The number of amides is 1. The molecular weight excluding hydrogens is 264 g/mol. The Kier molecular flexibility index (Phi) is 4.36. The molecule has 1 aromatic rings. The lowest BCUT2D eigenvalue weighted by Crippen LogP contribution is -2.34. The minimum absolute atomic E-state index is 0.0235. The summed E-state index contributed by atoms with van der Waals surface area (Å²) < 4.78 is 0. The lowest BCUT2D eigenvalue weighted by Gasteiger charge is -2.26. The molecule has 0 atom stereocenters. The van der Waals surface area contributed by atoms with Crippen LogP contribution in [-0.2, 0) is 0 Å². The Bertz CT molecular complexity index is 505. The minimum atomic E-state index is -0.0235. The lowest BCUT2D eigenvalue weighted by molar-refractivity contribution is 0.0936. The summed E-state index contributed by atoms with van der Waals surface area (Å²) >= 11 is 0. The van der Waals surface area contributed by atoms with Crippen molar-refractivity contribution in [3.63, 3.8) is 0 Å². The van der Waals surface area contributed by atoms with E-state index in [-0.39, 0.29) is 5.91 Å². The fourth-order valence-corrected chi connectivity index (χ4v) is 3.26. The summed E-state index contributed by atoms with van der Waals surface area (Å²) in [5.74, 6) is 0.745. The zero-order valence-electron chi connectivity index (χ0n) is 12.8. The number of hydrogen-bond acceptors (Lipinski definition) is 4. The number of anilines is 1. The van der Waals surface area contributed by atoms with Crippen molar-refractivity contribution in [3.05, 3.63) is 17.5 Å². The largest absolute Gasteiger partial charge is 0.349 e. The summed E-state index contributed by atoms with van der Waals surface area (Å²) in [6.07, 6.45) is 10.0. The van der Waals surface area contributed by atoms with Gasteiger partial charge in [-0.2, -0.15) is 0 Å². The first-order chi connectivity index (χ1) is 10.2. The Labute approximate surface area is 126 Å². The van der Waals surface area contributed by atoms with Gasteiger partial charge in [-0.3, -0.25) is 4.79 Å². The molecule has 1 amide bonds. The van der Waals surface area contributed by atoms with Crippen molar-refractivity contribution in [1.82, 2.24) is 15.3 Å². The van der Waals surface area contributed by atoms with E-state index in [0.717, 1.165) is 37.6 Å². The van der Waals surface area contributed by atoms with Crippen LogP contribution < -0.4 is 10.2 Å². The van der Waals surface area contributed by atoms with E-state index in [1.807, 2.05) is 6.92 Å². The molecule has 114 valence electrons. The monoisotopic (exact) mass is 288 g/mol. The van der Waals surface area contributed by atoms with Gasteiger partial charge in [0.25, 0.3) is 5.91 Å². The Balaban J connectivity index is 1.69. The fraction of sp³-hybridized carbons (Fsp3) is 0.688. The Morgan fingerprint density at radius 2 is 1.90 bits per heavy atom. The maximum atomic E-state index is 12.3. The van der Waals surface area contributed by atoms with Gasteiger partial charge in [-0.15, -0.1) is 0 Å². The van der Waals surface area contributed by atoms with Crippen LogP contribution in [0.2, 0.25) is 0 Å². The number of nitrogens with one attached hydrogen (secondary N) is 1. The van der Waals surface area contributed by atoms with Crippen LogP contribution in [0.1, 0.15) is 61.0 Å². The van der Waals surface area contributed by atoms with E-state index >= 15 is 0 Å². The van der Waals surface area contributed by atoms with Gasteiger partial charge in [0.1, 0.15) is 0 Å². The Hall–Kier alpha value is -1.65. The highest BCUT2D eigenvalue weighted by Crippen LogP contribution is 2.19. The van der Waals surface area contributed by atoms with Gasteiger partial charge in [0.15, 0.2) is 0 Å². The normalized spacial score (nSPS) is 19.8. The molecular formula is C16H24N4O. The van der Waals surface area contributed by atoms with E-state index in [0.29, 0.717) is 11.6 Å². The Morgan fingerprint density at radius 3 is 2.57 bits per heavy atom. The van der Waals surface area contributed by atoms with Crippen molar-refractivity contribution in [2.45, 2.75) is 57.9 Å². The molecule has 2 heterocycles. The van der Waals surface area contributed by atoms with Crippen LogP contribution >= 0.6 is 0 Å². The first-order valence-electron chi connectivity index (χ1n) is 8.13. The average molecular weight is 288 g/mol. The molecule has 21 heavy (non-hydrogen) atoms. The molecule has 1 saturated carbocycles. The van der Waals surface area contributed by atoms with E-state index in [2.05, 4.69) is 20.2 Å². The van der Waals surface area contributed by atoms with Crippen molar-refractivity contribution in [2.75, 3.05) is 18.0 Å². The Morgan fingerprint density at radius 1 is 1.19 bits per heavy atom. The fourth-order valence-electron chi connectivity index (χ4n) is 3.26. The molecule has 0 bridgehead atoms. The second-order valence-electron chi connectivity index (χ2n) is 6.17. The third-order valence-electron chi connectivity index (χ3n) is 4.54. The van der Waals surface area contributed by atoms with Crippen LogP contribution in [0.25, 0.3) is 0 Å². The summed E-state index contributed by atoms with van der Waals surface area (Å²) in [7, 11) is 0. The molecule has 2 fully saturated rings. The van der Waals surface area contributed by atoms with E-state index in [4.69, 9.17) is 0 Å². The maximum Gasteiger partial charge on any atom is 0.254 e. The summed E-state index contributed by atoms with van der Waals surface area (Å²) in [6, 6.07) is 0.332. The third kappa shape index (κ3) is 3.34. The van der Waals surface area contributed by atoms with Gasteiger partial charge in [0.05, 0.1) is 11.3 Å². The zero-order chi connectivity index (χ0) is 14.7. The topological polar surface area (TPSA) is 58.1 Å². The van der Waals surface area contributed by atoms with E-state index in [1.54, 1.807) is 6.20 Å². The summed E-state index contributed by atoms with van der Waals surface area (Å²) in [5, 5.41) is 3.10. The van der Waals surface area contributed by atoms with Crippen LogP contribution in [0.5, 0.6) is 0 Å². The molecule has 1 aliphatic heterocycles. The highest BCUT2D eigenvalue weighted by atomic mass is 16.1. The van der Waals surface area contributed by atoms with E-state index in [9.17, 15) is 4.79 Å². The van der Waals surface area contributed by atoms with Gasteiger partial charge in [-0.05, 0) is 39.0 Å². The second-order valence-corrected chi connectivity index (χ2v) is 6.17.